The number of hydrogen-bond donors (Lipinski definition) is 2. The maximum atomic E-state index is 13.7. The molecular weight excluding hydrogens is 265 g/mol. The maximum absolute atomic E-state index is 13.7. The smallest absolute Gasteiger partial charge is 0.227 e. The van der Waals surface area contributed by atoms with Gasteiger partial charge in [0.1, 0.15) is 11.6 Å². The molecule has 0 saturated carbocycles. The van der Waals surface area contributed by atoms with Crippen molar-refractivity contribution in [1.29, 1.82) is 0 Å². The molecule has 1 N–H and O–H groups in total. The third kappa shape index (κ3) is 2.35. The fourth-order valence-electron chi connectivity index (χ4n) is 1.87. The largest absolute Gasteiger partial charge is 0.506 e. The molecule has 1 unspecified atom stereocenters. The van der Waals surface area contributed by atoms with Crippen LogP contribution in [0.4, 0.5) is 10.1 Å². The Labute approximate surface area is 109 Å². The van der Waals surface area contributed by atoms with Gasteiger partial charge in [0.15, 0.2) is 0 Å². The number of amides is 1. The predicted molar refractivity (Wildman–Crippen MR) is 67.4 cm³/mol. The second kappa shape index (κ2) is 4.74. The second-order valence-electron chi connectivity index (χ2n) is 4.01. The molecule has 0 radical (unpaired) electrons. The van der Waals surface area contributed by atoms with Gasteiger partial charge in [-0.3, -0.25) is 4.79 Å². The predicted octanol–water partition coefficient (Wildman–Crippen LogP) is 2.47. The summed E-state index contributed by atoms with van der Waals surface area (Å²) >= 11 is 9.71. The molecule has 1 atom stereocenters. The van der Waals surface area contributed by atoms with Gasteiger partial charge in [-0.05, 0) is 17.7 Å². The summed E-state index contributed by atoms with van der Waals surface area (Å²) in [6.07, 6.45) is 0.354. The summed E-state index contributed by atoms with van der Waals surface area (Å²) in [5.41, 5.74) is 0.0705. The minimum absolute atomic E-state index is 0.0661. The zero-order chi connectivity index (χ0) is 12.6. The highest BCUT2D eigenvalue weighted by molar-refractivity contribution is 7.80. The number of rotatable bonds is 2. The SMILES string of the molecule is O=C1CC(CS)CN1c1cc(O)c(Cl)cc1F. The summed E-state index contributed by atoms with van der Waals surface area (Å²) in [4.78, 5) is 13.0. The molecule has 1 aliphatic heterocycles. The van der Waals surface area contributed by atoms with Gasteiger partial charge in [0, 0.05) is 19.0 Å². The molecule has 6 heteroatoms. The number of phenolic OH excluding ortho intramolecular Hbond substituents is 1. The van der Waals surface area contributed by atoms with Gasteiger partial charge in [-0.25, -0.2) is 4.39 Å². The van der Waals surface area contributed by atoms with Crippen LogP contribution in [0, 0.1) is 11.7 Å². The van der Waals surface area contributed by atoms with Crippen LogP contribution in [0.2, 0.25) is 5.02 Å². The summed E-state index contributed by atoms with van der Waals surface area (Å²) in [6, 6.07) is 2.18. The van der Waals surface area contributed by atoms with Gasteiger partial charge in [0.2, 0.25) is 5.91 Å². The number of carbonyl (C=O) groups excluding carboxylic acids is 1. The first-order valence-electron chi connectivity index (χ1n) is 5.12. The van der Waals surface area contributed by atoms with Crippen LogP contribution in [0.3, 0.4) is 0 Å². The Kier molecular flexibility index (Phi) is 3.49. The molecule has 0 bridgehead atoms. The molecular formula is C11H11ClFNO2S. The minimum atomic E-state index is -0.610. The average Bonchev–Trinajstić information content (AvgIpc) is 2.65. The Morgan fingerprint density at radius 1 is 1.59 bits per heavy atom. The van der Waals surface area contributed by atoms with Gasteiger partial charge in [-0.2, -0.15) is 12.6 Å². The summed E-state index contributed by atoms with van der Waals surface area (Å²) in [5.74, 6) is -0.317. The average molecular weight is 276 g/mol. The van der Waals surface area contributed by atoms with Crippen LogP contribution in [-0.2, 0) is 4.79 Å². The van der Waals surface area contributed by atoms with Crippen LogP contribution in [-0.4, -0.2) is 23.3 Å². The normalized spacial score (nSPS) is 20.1. The lowest BCUT2D eigenvalue weighted by molar-refractivity contribution is -0.117. The van der Waals surface area contributed by atoms with Gasteiger partial charge < -0.3 is 10.0 Å². The number of anilines is 1. The number of hydrogen-bond acceptors (Lipinski definition) is 3. The molecule has 92 valence electrons. The van der Waals surface area contributed by atoms with E-state index in [1.54, 1.807) is 0 Å². The zero-order valence-electron chi connectivity index (χ0n) is 8.86. The number of halogens is 2. The van der Waals surface area contributed by atoms with Crippen LogP contribution >= 0.6 is 24.2 Å². The standard InChI is InChI=1S/C11H11ClFNO2S/c12-7-2-8(13)9(3-10(7)15)14-4-6(5-17)1-11(14)16/h2-3,6,15,17H,1,4-5H2. The van der Waals surface area contributed by atoms with Crippen molar-refractivity contribution >= 4 is 35.8 Å². The van der Waals surface area contributed by atoms with Crippen molar-refractivity contribution in [1.82, 2.24) is 0 Å². The Morgan fingerprint density at radius 2 is 2.29 bits per heavy atom. The monoisotopic (exact) mass is 275 g/mol. The van der Waals surface area contributed by atoms with Crippen molar-refractivity contribution in [2.45, 2.75) is 6.42 Å². The van der Waals surface area contributed by atoms with E-state index in [-0.39, 0.29) is 28.3 Å². The van der Waals surface area contributed by atoms with Crippen molar-refractivity contribution in [2.24, 2.45) is 5.92 Å². The van der Waals surface area contributed by atoms with E-state index in [9.17, 15) is 14.3 Å². The van der Waals surface area contributed by atoms with E-state index >= 15 is 0 Å². The number of aromatic hydroxyl groups is 1. The van der Waals surface area contributed by atoms with Crippen LogP contribution in [0.1, 0.15) is 6.42 Å². The van der Waals surface area contributed by atoms with Gasteiger partial charge in [0.05, 0.1) is 10.7 Å². The number of thiol groups is 1. The Morgan fingerprint density at radius 3 is 2.88 bits per heavy atom. The first-order valence-corrected chi connectivity index (χ1v) is 6.13. The minimum Gasteiger partial charge on any atom is -0.506 e. The third-order valence-electron chi connectivity index (χ3n) is 2.77. The van der Waals surface area contributed by atoms with Crippen LogP contribution < -0.4 is 4.90 Å². The molecule has 0 aliphatic carbocycles. The highest BCUT2D eigenvalue weighted by Gasteiger charge is 2.31. The summed E-state index contributed by atoms with van der Waals surface area (Å²) in [6.45, 7) is 0.417. The third-order valence-corrected chi connectivity index (χ3v) is 3.59. The fourth-order valence-corrected chi connectivity index (χ4v) is 2.26. The van der Waals surface area contributed by atoms with Gasteiger partial charge in [-0.1, -0.05) is 11.6 Å². The number of carbonyl (C=O) groups is 1. The number of benzene rings is 1. The summed E-state index contributed by atoms with van der Waals surface area (Å²) < 4.78 is 13.7. The van der Waals surface area contributed by atoms with Crippen molar-refractivity contribution < 1.29 is 14.3 Å². The number of nitrogens with zero attached hydrogens (tertiary/aromatic N) is 1. The highest BCUT2D eigenvalue weighted by Crippen LogP contribution is 2.34. The molecule has 0 aromatic heterocycles. The lowest BCUT2D eigenvalue weighted by atomic mass is 10.1. The molecule has 0 spiro atoms. The number of phenols is 1. The first kappa shape index (κ1) is 12.5. The van der Waals surface area contributed by atoms with E-state index in [0.29, 0.717) is 18.7 Å². The fraction of sp³-hybridized carbons (Fsp3) is 0.364. The van der Waals surface area contributed by atoms with Gasteiger partial charge in [-0.15, -0.1) is 0 Å². The van der Waals surface area contributed by atoms with Gasteiger partial charge in [0.25, 0.3) is 0 Å². The Balaban J connectivity index is 2.35. The van der Waals surface area contributed by atoms with Crippen LogP contribution in [0.15, 0.2) is 12.1 Å². The molecule has 1 saturated heterocycles. The molecule has 2 rings (SSSR count). The van der Waals surface area contributed by atoms with Crippen molar-refractivity contribution in [3.63, 3.8) is 0 Å². The zero-order valence-corrected chi connectivity index (χ0v) is 10.5. The Hall–Kier alpha value is -0.940. The molecule has 17 heavy (non-hydrogen) atoms. The quantitative estimate of drug-likeness (QED) is 0.814. The Bertz CT molecular complexity index is 469. The van der Waals surface area contributed by atoms with Crippen molar-refractivity contribution in [3.05, 3.63) is 23.0 Å². The molecule has 1 heterocycles. The molecule has 3 nitrogen and oxygen atoms in total. The molecule has 1 aromatic carbocycles. The summed E-state index contributed by atoms with van der Waals surface area (Å²) in [5, 5.41) is 9.38. The van der Waals surface area contributed by atoms with Crippen LogP contribution in [0.5, 0.6) is 5.75 Å². The molecule has 1 amide bonds. The van der Waals surface area contributed by atoms with Crippen molar-refractivity contribution in [2.75, 3.05) is 17.2 Å². The van der Waals surface area contributed by atoms with E-state index in [2.05, 4.69) is 12.6 Å². The second-order valence-corrected chi connectivity index (χ2v) is 4.78. The lowest BCUT2D eigenvalue weighted by Gasteiger charge is -2.17. The van der Waals surface area contributed by atoms with E-state index in [0.717, 1.165) is 6.07 Å². The molecule has 1 aliphatic rings. The first-order chi connectivity index (χ1) is 8.02. The summed E-state index contributed by atoms with van der Waals surface area (Å²) in [7, 11) is 0. The van der Waals surface area contributed by atoms with E-state index < -0.39 is 5.82 Å². The maximum Gasteiger partial charge on any atom is 0.227 e. The van der Waals surface area contributed by atoms with Crippen LogP contribution in [0.25, 0.3) is 0 Å². The topological polar surface area (TPSA) is 40.5 Å². The van der Waals surface area contributed by atoms with E-state index in [1.807, 2.05) is 0 Å². The van der Waals surface area contributed by atoms with Crippen molar-refractivity contribution in [3.8, 4) is 5.75 Å². The molecule has 1 fully saturated rings. The molecule has 1 aromatic rings. The highest BCUT2D eigenvalue weighted by atomic mass is 35.5. The van der Waals surface area contributed by atoms with Gasteiger partial charge >= 0.3 is 0 Å². The lowest BCUT2D eigenvalue weighted by Crippen LogP contribution is -2.25. The van der Waals surface area contributed by atoms with E-state index in [4.69, 9.17) is 11.6 Å². The van der Waals surface area contributed by atoms with E-state index in [1.165, 1.54) is 11.0 Å².